The first-order valence-electron chi connectivity index (χ1n) is 13.6. The minimum Gasteiger partial charge on any atom is -1.00 e. The number of aromatic nitrogens is 2. The molecule has 0 aliphatic carbocycles. The van der Waals surface area contributed by atoms with Crippen molar-refractivity contribution in [3.05, 3.63) is 133 Å². The summed E-state index contributed by atoms with van der Waals surface area (Å²) in [5.41, 5.74) is 10.1. The topological polar surface area (TPSA) is 14.2 Å². The van der Waals surface area contributed by atoms with Crippen LogP contribution in [0.1, 0.15) is 11.1 Å². The fraction of sp³-hybridized carbons (Fsp3) is 0.200. The second-order valence-corrected chi connectivity index (χ2v) is 10.5. The van der Waals surface area contributed by atoms with Crippen molar-refractivity contribution < 1.29 is 26.1 Å². The van der Waals surface area contributed by atoms with Gasteiger partial charge in [-0.1, -0.05) is 72.8 Å². The molecule has 0 saturated heterocycles. The van der Waals surface area contributed by atoms with Crippen molar-refractivity contribution in [3.63, 3.8) is 0 Å². The van der Waals surface area contributed by atoms with Crippen molar-refractivity contribution >= 4 is 11.4 Å². The van der Waals surface area contributed by atoms with Gasteiger partial charge < -0.3 is 26.8 Å². The highest BCUT2D eigenvalue weighted by Crippen LogP contribution is 2.28. The monoisotopic (exact) mass is 593 g/mol. The Bertz CT molecular complexity index is 1510. The molecule has 0 N–H and O–H groups in total. The Morgan fingerprint density at radius 3 is 1.75 bits per heavy atom. The Balaban J connectivity index is 0.00000370. The minimum absolute atomic E-state index is 0. The molecule has 5 aromatic rings. The molecule has 0 atom stereocenters. The van der Waals surface area contributed by atoms with Crippen LogP contribution in [-0.2, 0) is 19.5 Å². The Morgan fingerprint density at radius 1 is 0.550 bits per heavy atom. The summed E-state index contributed by atoms with van der Waals surface area (Å²) in [5, 5.41) is 0. The third kappa shape index (κ3) is 7.16. The lowest BCUT2D eigenvalue weighted by molar-refractivity contribution is -0.696. The van der Waals surface area contributed by atoms with Crippen LogP contribution < -0.4 is 35.9 Å². The van der Waals surface area contributed by atoms with Gasteiger partial charge in [-0.3, -0.25) is 0 Å². The van der Waals surface area contributed by atoms with E-state index >= 15 is 0 Å². The number of pyridine rings is 2. The fourth-order valence-corrected chi connectivity index (χ4v) is 4.89. The summed E-state index contributed by atoms with van der Waals surface area (Å²) in [6.07, 6.45) is 9.62. The molecular weight excluding hydrogens is 556 g/mol. The predicted molar refractivity (Wildman–Crippen MR) is 162 cm³/mol. The largest absolute Gasteiger partial charge is 1.00 e. The Hall–Kier alpha value is -3.96. The van der Waals surface area contributed by atoms with Gasteiger partial charge in [-0.25, -0.2) is 9.13 Å². The predicted octanol–water partition coefficient (Wildman–Crippen LogP) is 3.02. The maximum Gasteiger partial charge on any atom is 0.174 e. The molecule has 0 radical (unpaired) electrons. The summed E-state index contributed by atoms with van der Waals surface area (Å²) in [5.74, 6) is 0. The van der Waals surface area contributed by atoms with Crippen molar-refractivity contribution in [2.45, 2.75) is 19.5 Å². The van der Waals surface area contributed by atoms with Crippen LogP contribution in [0.2, 0.25) is 0 Å². The number of rotatable bonds is 9. The standard InChI is InChI=1S/C35H38N4.BrH/c1-36(2)33-17-22-38(23-18-33)21-16-28-8-7-10-31(26-28)29-12-14-30(15-13-29)35-11-6-5-9-32(35)27-39-24-19-34(20-25-39)37(3)4;/h5-15,17-20,22-26H,16,21,27H2,1-4H3;1H/q+2;/p-1. The molecule has 3 aromatic carbocycles. The number of nitrogens with zero attached hydrogens (tertiary/aromatic N) is 4. The first kappa shape index (κ1) is 29.0. The van der Waals surface area contributed by atoms with Gasteiger partial charge in [0, 0.05) is 75.8 Å². The summed E-state index contributed by atoms with van der Waals surface area (Å²) in [6, 6.07) is 35.3. The highest BCUT2D eigenvalue weighted by Gasteiger charge is 2.11. The van der Waals surface area contributed by atoms with Crippen LogP contribution in [0.3, 0.4) is 0 Å². The molecule has 2 heterocycles. The highest BCUT2D eigenvalue weighted by molar-refractivity contribution is 5.72. The smallest absolute Gasteiger partial charge is 0.174 e. The summed E-state index contributed by atoms with van der Waals surface area (Å²) in [7, 11) is 8.28. The summed E-state index contributed by atoms with van der Waals surface area (Å²) >= 11 is 0. The van der Waals surface area contributed by atoms with Crippen LogP contribution in [0.25, 0.3) is 22.3 Å². The zero-order chi connectivity index (χ0) is 27.2. The zero-order valence-corrected chi connectivity index (χ0v) is 25.4. The van der Waals surface area contributed by atoms with Crippen molar-refractivity contribution in [3.8, 4) is 22.3 Å². The van der Waals surface area contributed by atoms with E-state index < -0.39 is 0 Å². The van der Waals surface area contributed by atoms with E-state index in [2.05, 4.69) is 169 Å². The van der Waals surface area contributed by atoms with Crippen molar-refractivity contribution in [2.75, 3.05) is 38.0 Å². The van der Waals surface area contributed by atoms with E-state index in [1.165, 1.54) is 44.8 Å². The molecule has 2 aromatic heterocycles. The van der Waals surface area contributed by atoms with Crippen LogP contribution >= 0.6 is 0 Å². The average Bonchev–Trinajstić information content (AvgIpc) is 2.97. The maximum atomic E-state index is 2.33. The molecule has 0 unspecified atom stereocenters. The van der Waals surface area contributed by atoms with Crippen LogP contribution in [0.5, 0.6) is 0 Å². The fourth-order valence-electron chi connectivity index (χ4n) is 4.89. The van der Waals surface area contributed by atoms with Crippen LogP contribution in [-0.4, -0.2) is 28.2 Å². The molecule has 40 heavy (non-hydrogen) atoms. The number of hydrogen-bond acceptors (Lipinski definition) is 2. The second-order valence-electron chi connectivity index (χ2n) is 10.5. The molecule has 5 heteroatoms. The molecule has 0 fully saturated rings. The van der Waals surface area contributed by atoms with E-state index in [1.54, 1.807) is 0 Å². The van der Waals surface area contributed by atoms with Crippen LogP contribution in [0.15, 0.2) is 122 Å². The number of benzene rings is 3. The molecule has 4 nitrogen and oxygen atoms in total. The van der Waals surface area contributed by atoms with E-state index in [1.807, 2.05) is 0 Å². The first-order chi connectivity index (χ1) is 19.0. The molecule has 0 amide bonds. The number of hydrogen-bond donors (Lipinski definition) is 0. The van der Waals surface area contributed by atoms with Gasteiger partial charge in [0.1, 0.15) is 0 Å². The average molecular weight is 595 g/mol. The normalized spacial score (nSPS) is 10.6. The van der Waals surface area contributed by atoms with Crippen LogP contribution in [0, 0.1) is 0 Å². The quantitative estimate of drug-likeness (QED) is 0.244. The van der Waals surface area contributed by atoms with E-state index in [4.69, 9.17) is 0 Å². The second kappa shape index (κ2) is 13.4. The molecule has 204 valence electrons. The van der Waals surface area contributed by atoms with Gasteiger partial charge in [0.05, 0.1) is 0 Å². The lowest BCUT2D eigenvalue weighted by atomic mass is 9.96. The molecular formula is C35H38BrN4+. The molecule has 0 bridgehead atoms. The molecule has 0 aliphatic heterocycles. The maximum absolute atomic E-state index is 2.33. The van der Waals surface area contributed by atoms with Crippen molar-refractivity contribution in [2.24, 2.45) is 0 Å². The molecule has 5 rings (SSSR count). The van der Waals surface area contributed by atoms with Crippen molar-refractivity contribution in [1.82, 2.24) is 0 Å². The third-order valence-electron chi connectivity index (χ3n) is 7.27. The third-order valence-corrected chi connectivity index (χ3v) is 7.27. The van der Waals surface area contributed by atoms with Gasteiger partial charge in [-0.2, -0.15) is 0 Å². The number of halogens is 1. The van der Waals surface area contributed by atoms with Gasteiger partial charge in [-0.05, 0) is 27.8 Å². The highest BCUT2D eigenvalue weighted by atomic mass is 79.9. The Kier molecular flexibility index (Phi) is 9.73. The molecule has 0 spiro atoms. The van der Waals surface area contributed by atoms with Gasteiger partial charge in [-0.15, -0.1) is 0 Å². The van der Waals surface area contributed by atoms with Gasteiger partial charge in [0.25, 0.3) is 0 Å². The van der Waals surface area contributed by atoms with Gasteiger partial charge in [0.15, 0.2) is 37.9 Å². The number of aryl methyl sites for hydroxylation is 2. The summed E-state index contributed by atoms with van der Waals surface area (Å²) in [6.45, 7) is 1.80. The van der Waals surface area contributed by atoms with E-state index in [-0.39, 0.29) is 17.0 Å². The Labute approximate surface area is 249 Å². The Morgan fingerprint density at radius 2 is 1.12 bits per heavy atom. The number of anilines is 2. The lowest BCUT2D eigenvalue weighted by Crippen LogP contribution is -3.00. The molecule has 0 aliphatic rings. The first-order valence-corrected chi connectivity index (χ1v) is 13.6. The van der Waals surface area contributed by atoms with Crippen molar-refractivity contribution in [1.29, 1.82) is 0 Å². The van der Waals surface area contributed by atoms with E-state index in [0.717, 1.165) is 19.5 Å². The summed E-state index contributed by atoms with van der Waals surface area (Å²) in [4.78, 5) is 4.25. The van der Waals surface area contributed by atoms with E-state index in [0.29, 0.717) is 0 Å². The molecule has 0 saturated carbocycles. The van der Waals surface area contributed by atoms with Gasteiger partial charge in [0.2, 0.25) is 0 Å². The van der Waals surface area contributed by atoms with E-state index in [9.17, 15) is 0 Å². The minimum atomic E-state index is 0. The lowest BCUT2D eigenvalue weighted by Gasteiger charge is -2.12. The van der Waals surface area contributed by atoms with Gasteiger partial charge >= 0.3 is 0 Å². The van der Waals surface area contributed by atoms with Crippen LogP contribution in [0.4, 0.5) is 11.4 Å². The SMILES string of the molecule is CN(C)c1cc[n+](CCc2cccc(-c3ccc(-c4ccccc4C[n+]4ccc(N(C)C)cc4)cc3)c2)cc1.[Br-]. The zero-order valence-electron chi connectivity index (χ0n) is 23.8. The summed E-state index contributed by atoms with van der Waals surface area (Å²) < 4.78 is 4.49.